The van der Waals surface area contributed by atoms with Crippen LogP contribution >= 0.6 is 0 Å². The number of carbonyl (C=O) groups is 3. The van der Waals surface area contributed by atoms with E-state index in [0.29, 0.717) is 12.8 Å². The summed E-state index contributed by atoms with van der Waals surface area (Å²) in [5, 5.41) is 11.5. The van der Waals surface area contributed by atoms with Crippen LogP contribution in [0.15, 0.2) is 24.3 Å². The molecule has 0 rings (SSSR count). The second-order valence-electron chi connectivity index (χ2n) is 13.1. The number of quaternary nitrogens is 1. The molecular formula is C37H67NO7. The van der Waals surface area contributed by atoms with Crippen LogP contribution in [0.25, 0.3) is 0 Å². The summed E-state index contributed by atoms with van der Waals surface area (Å²) < 4.78 is 17.0. The Bertz CT molecular complexity index is 803. The van der Waals surface area contributed by atoms with E-state index in [9.17, 15) is 19.5 Å². The van der Waals surface area contributed by atoms with E-state index in [1.807, 2.05) is 0 Å². The van der Waals surface area contributed by atoms with Crippen molar-refractivity contribution in [2.45, 2.75) is 154 Å². The number of carboxylic acids is 1. The zero-order chi connectivity index (χ0) is 33.6. The molecule has 0 aliphatic carbocycles. The lowest BCUT2D eigenvalue weighted by Crippen LogP contribution is -2.55. The van der Waals surface area contributed by atoms with Crippen molar-refractivity contribution >= 4 is 17.9 Å². The maximum absolute atomic E-state index is 12.6. The van der Waals surface area contributed by atoms with Crippen LogP contribution in [0.2, 0.25) is 0 Å². The molecule has 0 saturated carbocycles. The molecule has 0 aliphatic heterocycles. The summed E-state index contributed by atoms with van der Waals surface area (Å²) in [5.41, 5.74) is 0. The Morgan fingerprint density at radius 3 is 1.69 bits per heavy atom. The van der Waals surface area contributed by atoms with Crippen LogP contribution in [0.4, 0.5) is 0 Å². The standard InChI is InChI=1S/C37H67NO7/c1-6-8-10-12-14-16-18-20-22-24-26-28-36(40)45-33(31-43-30-29-34(37(41)42)38(3,4)5)32-44-35(39)27-25-23-21-19-17-15-13-11-9-7-2/h11-14,33-34H,6-10,15-32H2,1-5H3/b13-11-,14-12-. The third kappa shape index (κ3) is 27.8. The maximum atomic E-state index is 12.6. The molecule has 0 N–H and O–H groups in total. The van der Waals surface area contributed by atoms with E-state index in [4.69, 9.17) is 14.2 Å². The van der Waals surface area contributed by atoms with Crippen molar-refractivity contribution in [2.24, 2.45) is 0 Å². The number of aliphatic carboxylic acids is 1. The Kier molecular flexibility index (Phi) is 27.8. The van der Waals surface area contributed by atoms with E-state index >= 15 is 0 Å². The van der Waals surface area contributed by atoms with Crippen LogP contribution in [-0.2, 0) is 28.6 Å². The van der Waals surface area contributed by atoms with E-state index in [1.165, 1.54) is 32.1 Å². The van der Waals surface area contributed by atoms with Crippen molar-refractivity contribution in [3.05, 3.63) is 24.3 Å². The minimum absolute atomic E-state index is 0.0361. The van der Waals surface area contributed by atoms with E-state index in [0.717, 1.165) is 77.0 Å². The smallest absolute Gasteiger partial charge is 0.306 e. The molecule has 8 nitrogen and oxygen atoms in total. The molecule has 262 valence electrons. The van der Waals surface area contributed by atoms with Crippen LogP contribution in [0.5, 0.6) is 0 Å². The van der Waals surface area contributed by atoms with Gasteiger partial charge < -0.3 is 28.6 Å². The summed E-state index contributed by atoms with van der Waals surface area (Å²) in [5.74, 6) is -1.77. The molecule has 0 heterocycles. The molecule has 0 aliphatic rings. The number of esters is 2. The third-order valence-corrected chi connectivity index (χ3v) is 7.79. The molecule has 0 radical (unpaired) electrons. The van der Waals surface area contributed by atoms with Crippen molar-refractivity contribution < 1.29 is 38.2 Å². The van der Waals surface area contributed by atoms with Gasteiger partial charge in [-0.15, -0.1) is 0 Å². The largest absolute Gasteiger partial charge is 0.544 e. The number of ether oxygens (including phenoxy) is 3. The number of carbonyl (C=O) groups excluding carboxylic acids is 3. The third-order valence-electron chi connectivity index (χ3n) is 7.79. The van der Waals surface area contributed by atoms with Gasteiger partial charge in [-0.25, -0.2) is 0 Å². The molecule has 0 amide bonds. The van der Waals surface area contributed by atoms with Crippen molar-refractivity contribution in [3.63, 3.8) is 0 Å². The van der Waals surface area contributed by atoms with Crippen LogP contribution in [0.1, 0.15) is 142 Å². The van der Waals surface area contributed by atoms with Crippen LogP contribution < -0.4 is 5.11 Å². The summed E-state index contributed by atoms with van der Waals surface area (Å²) >= 11 is 0. The number of unbranched alkanes of at least 4 members (excludes halogenated alkanes) is 13. The van der Waals surface area contributed by atoms with Gasteiger partial charge in [-0.05, 0) is 51.4 Å². The van der Waals surface area contributed by atoms with E-state index in [2.05, 4.69) is 38.2 Å². The monoisotopic (exact) mass is 637 g/mol. The Morgan fingerprint density at radius 1 is 0.644 bits per heavy atom. The zero-order valence-electron chi connectivity index (χ0n) is 29.5. The predicted molar refractivity (Wildman–Crippen MR) is 180 cm³/mol. The Morgan fingerprint density at radius 2 is 1.16 bits per heavy atom. The molecule has 8 heteroatoms. The van der Waals surface area contributed by atoms with Gasteiger partial charge in [-0.1, -0.05) is 95.9 Å². The second kappa shape index (κ2) is 29.2. The highest BCUT2D eigenvalue weighted by Gasteiger charge is 2.25. The molecule has 0 saturated heterocycles. The molecule has 0 fully saturated rings. The minimum Gasteiger partial charge on any atom is -0.544 e. The fourth-order valence-corrected chi connectivity index (χ4v) is 4.93. The number of rotatable bonds is 31. The van der Waals surface area contributed by atoms with Gasteiger partial charge in [0.05, 0.1) is 40.3 Å². The second-order valence-corrected chi connectivity index (χ2v) is 13.1. The van der Waals surface area contributed by atoms with E-state index < -0.39 is 18.1 Å². The SMILES string of the molecule is CCC/C=C\CCCCCCCC(=O)OCC(COCCC(C(=O)[O-])[N+](C)(C)C)OC(=O)CCCCCCC/C=C\CCCC. The van der Waals surface area contributed by atoms with E-state index in [1.54, 1.807) is 21.1 Å². The minimum atomic E-state index is -1.13. The van der Waals surface area contributed by atoms with Crippen molar-refractivity contribution in [2.75, 3.05) is 41.0 Å². The van der Waals surface area contributed by atoms with E-state index in [-0.39, 0.29) is 42.7 Å². The first kappa shape index (κ1) is 42.8. The quantitative estimate of drug-likeness (QED) is 0.0342. The molecular weight excluding hydrogens is 570 g/mol. The molecule has 0 bridgehead atoms. The summed E-state index contributed by atoms with van der Waals surface area (Å²) in [6, 6.07) is -0.724. The number of hydrogen-bond donors (Lipinski definition) is 0. The average Bonchev–Trinajstić information content (AvgIpc) is 2.98. The first-order chi connectivity index (χ1) is 21.6. The van der Waals surface area contributed by atoms with Gasteiger partial charge in [0.25, 0.3) is 0 Å². The van der Waals surface area contributed by atoms with Crippen molar-refractivity contribution in [1.29, 1.82) is 0 Å². The topological polar surface area (TPSA) is 102 Å². The molecule has 0 aromatic heterocycles. The average molecular weight is 638 g/mol. The maximum Gasteiger partial charge on any atom is 0.306 e. The van der Waals surface area contributed by atoms with Crippen LogP contribution in [0.3, 0.4) is 0 Å². The fraction of sp³-hybridized carbons (Fsp3) is 0.811. The van der Waals surface area contributed by atoms with Gasteiger partial charge in [0.15, 0.2) is 6.10 Å². The molecule has 0 aromatic carbocycles. The van der Waals surface area contributed by atoms with Gasteiger partial charge in [0.1, 0.15) is 12.6 Å². The lowest BCUT2D eigenvalue weighted by atomic mass is 10.1. The summed E-state index contributed by atoms with van der Waals surface area (Å²) in [4.78, 5) is 36.5. The van der Waals surface area contributed by atoms with Crippen molar-refractivity contribution in [3.8, 4) is 0 Å². The molecule has 2 unspecified atom stereocenters. The highest BCUT2D eigenvalue weighted by molar-refractivity contribution is 5.70. The van der Waals surface area contributed by atoms with Gasteiger partial charge in [-0.2, -0.15) is 0 Å². The predicted octanol–water partition coefficient (Wildman–Crippen LogP) is 7.24. The van der Waals surface area contributed by atoms with Gasteiger partial charge >= 0.3 is 11.9 Å². The number of nitrogens with zero attached hydrogens (tertiary/aromatic N) is 1. The molecule has 45 heavy (non-hydrogen) atoms. The summed E-state index contributed by atoms with van der Waals surface area (Å²) in [6.07, 6.45) is 27.7. The Labute approximate surface area is 275 Å². The highest BCUT2D eigenvalue weighted by atomic mass is 16.6. The summed E-state index contributed by atoms with van der Waals surface area (Å²) in [6.45, 7) is 4.52. The number of hydrogen-bond acceptors (Lipinski definition) is 7. The van der Waals surface area contributed by atoms with Crippen LogP contribution in [-0.4, -0.2) is 75.5 Å². The Balaban J connectivity index is 4.49. The van der Waals surface area contributed by atoms with Gasteiger partial charge in [-0.3, -0.25) is 9.59 Å². The first-order valence-electron chi connectivity index (χ1n) is 17.9. The first-order valence-corrected chi connectivity index (χ1v) is 17.9. The number of carboxylic acid groups (broad SMARTS) is 1. The summed E-state index contributed by atoms with van der Waals surface area (Å²) in [7, 11) is 5.38. The number of likely N-dealkylation sites (N-methyl/N-ethyl adjacent to an activating group) is 1. The van der Waals surface area contributed by atoms with Crippen LogP contribution in [0, 0.1) is 0 Å². The lowest BCUT2D eigenvalue weighted by Gasteiger charge is -2.34. The normalized spacial score (nSPS) is 13.4. The van der Waals surface area contributed by atoms with Crippen molar-refractivity contribution in [1.82, 2.24) is 0 Å². The zero-order valence-corrected chi connectivity index (χ0v) is 29.5. The highest BCUT2D eigenvalue weighted by Crippen LogP contribution is 2.12. The fourth-order valence-electron chi connectivity index (χ4n) is 4.93. The lowest BCUT2D eigenvalue weighted by molar-refractivity contribution is -0.889. The molecule has 2 atom stereocenters. The molecule has 0 aromatic rings. The molecule has 0 spiro atoms. The van der Waals surface area contributed by atoms with Gasteiger partial charge in [0.2, 0.25) is 0 Å². The number of allylic oxidation sites excluding steroid dienone is 4. The Hall–Kier alpha value is -2.19. The van der Waals surface area contributed by atoms with Gasteiger partial charge in [0, 0.05) is 19.3 Å².